The fourth-order valence-electron chi connectivity index (χ4n) is 8.75. The SMILES string of the molecule is COC(=O)c1ccc(-c2cc(OC)ccc2F)c(C2N(C)CCCC2(C)C)c1.COc1ccc(F)c(-c2ccc(CO)cc2C2N(C)CCCC2(C)C)c1. The molecule has 0 amide bonds. The molecule has 2 fully saturated rings. The molecule has 2 aliphatic heterocycles. The van der Waals surface area contributed by atoms with Crippen molar-refractivity contribution < 1.29 is 32.9 Å². The van der Waals surface area contributed by atoms with Crippen LogP contribution in [0.15, 0.2) is 72.8 Å². The highest BCUT2D eigenvalue weighted by Gasteiger charge is 2.40. The van der Waals surface area contributed by atoms with Crippen molar-refractivity contribution in [2.45, 2.75) is 72.1 Å². The molecule has 2 atom stereocenters. The van der Waals surface area contributed by atoms with Gasteiger partial charge in [0.2, 0.25) is 0 Å². The van der Waals surface area contributed by atoms with Gasteiger partial charge in [0.05, 0.1) is 33.5 Å². The number of likely N-dealkylation sites (tertiary alicyclic amines) is 2. The predicted octanol–water partition coefficient (Wildman–Crippen LogP) is 9.87. The summed E-state index contributed by atoms with van der Waals surface area (Å²) in [5.74, 6) is 0.255. The Balaban J connectivity index is 0.000000208. The lowest BCUT2D eigenvalue weighted by Gasteiger charge is -2.46. The molecule has 0 radical (unpaired) electrons. The number of piperidine rings is 2. The van der Waals surface area contributed by atoms with Crippen LogP contribution in [0.4, 0.5) is 8.78 Å². The van der Waals surface area contributed by atoms with Crippen molar-refractivity contribution in [1.29, 1.82) is 0 Å². The fourth-order valence-corrected chi connectivity index (χ4v) is 8.75. The Bertz CT molecular complexity index is 1940. The van der Waals surface area contributed by atoms with Crippen LogP contribution < -0.4 is 9.47 Å². The van der Waals surface area contributed by atoms with Gasteiger partial charge in [-0.3, -0.25) is 9.80 Å². The van der Waals surface area contributed by atoms with Crippen LogP contribution in [0.3, 0.4) is 0 Å². The predicted molar refractivity (Wildman–Crippen MR) is 211 cm³/mol. The summed E-state index contributed by atoms with van der Waals surface area (Å²) >= 11 is 0. The number of nitrogens with zero attached hydrogens (tertiary/aromatic N) is 2. The van der Waals surface area contributed by atoms with Crippen molar-refractivity contribution in [2.24, 2.45) is 10.8 Å². The topological polar surface area (TPSA) is 71.5 Å². The third-order valence-electron chi connectivity index (χ3n) is 11.3. The van der Waals surface area contributed by atoms with E-state index in [2.05, 4.69) is 51.6 Å². The third-order valence-corrected chi connectivity index (χ3v) is 11.3. The van der Waals surface area contributed by atoms with E-state index in [0.29, 0.717) is 28.2 Å². The van der Waals surface area contributed by atoms with Crippen molar-refractivity contribution in [3.05, 3.63) is 107 Å². The Morgan fingerprint density at radius 2 is 1.15 bits per heavy atom. The summed E-state index contributed by atoms with van der Waals surface area (Å²) in [5, 5.41) is 9.65. The Kier molecular flexibility index (Phi) is 12.9. The van der Waals surface area contributed by atoms with E-state index >= 15 is 0 Å². The molecule has 0 aliphatic carbocycles. The van der Waals surface area contributed by atoms with E-state index in [4.69, 9.17) is 14.2 Å². The number of ether oxygens (including phenoxy) is 3. The average molecular weight is 743 g/mol. The molecular formula is C45H56F2N2O5. The van der Waals surface area contributed by atoms with E-state index in [1.165, 1.54) is 19.2 Å². The number of aliphatic hydroxyl groups is 1. The molecule has 4 aromatic carbocycles. The van der Waals surface area contributed by atoms with Gasteiger partial charge in [-0.2, -0.15) is 0 Å². The van der Waals surface area contributed by atoms with Gasteiger partial charge in [0.1, 0.15) is 23.1 Å². The minimum atomic E-state index is -0.393. The minimum absolute atomic E-state index is 0.0220. The van der Waals surface area contributed by atoms with Gasteiger partial charge in [0.15, 0.2) is 0 Å². The highest BCUT2D eigenvalue weighted by Crippen LogP contribution is 2.49. The molecule has 0 saturated carbocycles. The minimum Gasteiger partial charge on any atom is -0.497 e. The summed E-state index contributed by atoms with van der Waals surface area (Å²) in [4.78, 5) is 16.8. The molecule has 2 unspecified atom stereocenters. The summed E-state index contributed by atoms with van der Waals surface area (Å²) in [6, 6.07) is 21.0. The summed E-state index contributed by atoms with van der Waals surface area (Å²) in [6.45, 7) is 10.9. The molecule has 7 nitrogen and oxygen atoms in total. The molecule has 0 aromatic heterocycles. The first-order chi connectivity index (χ1) is 25.6. The van der Waals surface area contributed by atoms with Gasteiger partial charge in [-0.05, 0) is 140 Å². The smallest absolute Gasteiger partial charge is 0.337 e. The standard InChI is InChI=1S/C23H28FNO3.C22H28FNO2/c1-23(2)11-6-12-25(3)21(23)19-13-15(22(26)28-5)7-9-17(19)18-14-16(27-4)8-10-20(18)24;1-22(2)10-5-11-24(3)21(22)19-12-15(14-25)6-8-17(19)18-13-16(26-4)7-9-20(18)23/h7-10,13-14,21H,6,11-12H2,1-5H3;6-9,12-13,21,25H,5,10-11,14H2,1-4H3. The Morgan fingerprint density at radius 1 is 0.685 bits per heavy atom. The molecule has 4 aromatic rings. The second-order valence-electron chi connectivity index (χ2n) is 16.0. The number of aliphatic hydroxyl groups excluding tert-OH is 1. The van der Waals surface area contributed by atoms with Crippen LogP contribution in [0.25, 0.3) is 22.3 Å². The molecule has 6 rings (SSSR count). The number of hydrogen-bond donors (Lipinski definition) is 1. The first-order valence-corrected chi connectivity index (χ1v) is 18.7. The van der Waals surface area contributed by atoms with Gasteiger partial charge in [-0.1, -0.05) is 52.0 Å². The number of carbonyl (C=O) groups is 1. The highest BCUT2D eigenvalue weighted by molar-refractivity contribution is 5.91. The van der Waals surface area contributed by atoms with Gasteiger partial charge in [0.25, 0.3) is 0 Å². The monoisotopic (exact) mass is 742 g/mol. The van der Waals surface area contributed by atoms with E-state index in [1.807, 2.05) is 30.3 Å². The number of benzene rings is 4. The summed E-state index contributed by atoms with van der Waals surface area (Å²) in [6.07, 6.45) is 4.44. The molecule has 0 spiro atoms. The molecule has 2 saturated heterocycles. The molecule has 54 heavy (non-hydrogen) atoms. The Morgan fingerprint density at radius 3 is 1.57 bits per heavy atom. The molecule has 290 valence electrons. The fraction of sp³-hybridized carbons (Fsp3) is 0.444. The van der Waals surface area contributed by atoms with E-state index < -0.39 is 5.97 Å². The third kappa shape index (κ3) is 8.64. The van der Waals surface area contributed by atoms with Gasteiger partial charge < -0.3 is 19.3 Å². The van der Waals surface area contributed by atoms with Crippen LogP contribution in [0.2, 0.25) is 0 Å². The van der Waals surface area contributed by atoms with Gasteiger partial charge in [0, 0.05) is 23.2 Å². The molecule has 0 bridgehead atoms. The van der Waals surface area contributed by atoms with E-state index in [-0.39, 0.29) is 41.2 Å². The van der Waals surface area contributed by atoms with Crippen molar-refractivity contribution in [3.63, 3.8) is 0 Å². The molecule has 2 aliphatic rings. The number of rotatable bonds is 8. The lowest BCUT2D eigenvalue weighted by Crippen LogP contribution is -2.41. The largest absolute Gasteiger partial charge is 0.497 e. The maximum absolute atomic E-state index is 14.8. The summed E-state index contributed by atoms with van der Waals surface area (Å²) in [5.41, 5.74) is 6.01. The number of hydrogen-bond acceptors (Lipinski definition) is 7. The number of carbonyl (C=O) groups excluding carboxylic acids is 1. The van der Waals surface area contributed by atoms with Crippen LogP contribution in [-0.2, 0) is 11.3 Å². The second-order valence-corrected chi connectivity index (χ2v) is 16.0. The van der Waals surface area contributed by atoms with Gasteiger partial charge in [-0.15, -0.1) is 0 Å². The number of halogens is 2. The highest BCUT2D eigenvalue weighted by atomic mass is 19.1. The van der Waals surface area contributed by atoms with Crippen molar-refractivity contribution in [1.82, 2.24) is 9.80 Å². The zero-order chi connectivity index (χ0) is 39.4. The zero-order valence-electron chi connectivity index (χ0n) is 33.3. The lowest BCUT2D eigenvalue weighted by molar-refractivity contribution is 0.0565. The normalized spacial score (nSPS) is 19.7. The first kappa shape index (κ1) is 40.9. The van der Waals surface area contributed by atoms with E-state index in [1.54, 1.807) is 44.6 Å². The molecule has 9 heteroatoms. The molecular weight excluding hydrogens is 686 g/mol. The molecule has 1 N–H and O–H groups in total. The Labute approximate surface area is 319 Å². The number of methoxy groups -OCH3 is 3. The molecule has 2 heterocycles. The van der Waals surface area contributed by atoms with Crippen molar-refractivity contribution in [3.8, 4) is 33.8 Å². The van der Waals surface area contributed by atoms with Crippen LogP contribution in [0, 0.1) is 22.5 Å². The maximum atomic E-state index is 14.8. The van der Waals surface area contributed by atoms with Crippen molar-refractivity contribution >= 4 is 5.97 Å². The summed E-state index contributed by atoms with van der Waals surface area (Å²) < 4.78 is 45.0. The van der Waals surface area contributed by atoms with Gasteiger partial charge in [-0.25, -0.2) is 13.6 Å². The Hall–Kier alpha value is -4.31. The maximum Gasteiger partial charge on any atom is 0.337 e. The van der Waals surface area contributed by atoms with Crippen LogP contribution in [0.1, 0.15) is 92.5 Å². The van der Waals surface area contributed by atoms with Crippen molar-refractivity contribution in [2.75, 3.05) is 48.5 Å². The van der Waals surface area contributed by atoms with Gasteiger partial charge >= 0.3 is 5.97 Å². The summed E-state index contributed by atoms with van der Waals surface area (Å²) in [7, 11) is 8.74. The van der Waals surface area contributed by atoms with E-state index in [0.717, 1.165) is 66.6 Å². The lowest BCUT2D eigenvalue weighted by atomic mass is 9.72. The number of esters is 1. The quantitative estimate of drug-likeness (QED) is 0.180. The van der Waals surface area contributed by atoms with Crippen LogP contribution in [0.5, 0.6) is 11.5 Å². The van der Waals surface area contributed by atoms with E-state index in [9.17, 15) is 18.7 Å². The average Bonchev–Trinajstić information content (AvgIpc) is 3.14. The van der Waals surface area contributed by atoms with Crippen LogP contribution >= 0.6 is 0 Å². The second kappa shape index (κ2) is 17.0. The zero-order valence-corrected chi connectivity index (χ0v) is 33.3. The first-order valence-electron chi connectivity index (χ1n) is 18.7. The van der Waals surface area contributed by atoms with Crippen LogP contribution in [-0.4, -0.2) is 69.4 Å².